The van der Waals surface area contributed by atoms with Crippen LogP contribution in [0.3, 0.4) is 0 Å². The molecule has 2 aromatic heterocycles. The van der Waals surface area contributed by atoms with Gasteiger partial charge in [-0.2, -0.15) is 9.97 Å². The Morgan fingerprint density at radius 1 is 1.17 bits per heavy atom. The van der Waals surface area contributed by atoms with Gasteiger partial charge in [0.25, 0.3) is 0 Å². The van der Waals surface area contributed by atoms with Crippen LogP contribution in [0.25, 0.3) is 0 Å². The van der Waals surface area contributed by atoms with Gasteiger partial charge in [0.2, 0.25) is 5.91 Å². The van der Waals surface area contributed by atoms with E-state index in [1.54, 1.807) is 4.90 Å². The van der Waals surface area contributed by atoms with Crippen LogP contribution < -0.4 is 20.3 Å². The Bertz CT molecular complexity index is 895. The predicted molar refractivity (Wildman–Crippen MR) is 116 cm³/mol. The molecule has 4 heterocycles. The molecule has 0 aliphatic carbocycles. The Morgan fingerprint density at radius 2 is 1.97 bits per heavy atom. The number of unbranched alkanes of at least 4 members (excludes halogenated alkanes) is 1. The van der Waals surface area contributed by atoms with E-state index in [-0.39, 0.29) is 18.3 Å². The highest BCUT2D eigenvalue weighted by atomic mass is 16.5. The molecule has 4 rings (SSSR count). The fraction of sp³-hybridized carbons (Fsp3) is 0.524. The number of likely N-dealkylation sites (N-methyl/N-ethyl adjacent to an activating group) is 1. The Balaban J connectivity index is 1.48. The van der Waals surface area contributed by atoms with Crippen LogP contribution in [0.15, 0.2) is 18.3 Å². The van der Waals surface area contributed by atoms with Crippen molar-refractivity contribution in [3.05, 3.63) is 29.5 Å². The molecule has 2 aliphatic rings. The Kier molecular flexibility index (Phi) is 5.98. The maximum atomic E-state index is 12.6. The molecule has 0 unspecified atom stereocenters. The van der Waals surface area contributed by atoms with E-state index in [2.05, 4.69) is 38.7 Å². The van der Waals surface area contributed by atoms with Crippen LogP contribution in [0, 0.1) is 0 Å². The summed E-state index contributed by atoms with van der Waals surface area (Å²) in [6.07, 6.45) is 3.97. The zero-order valence-electron chi connectivity index (χ0n) is 17.7. The van der Waals surface area contributed by atoms with Gasteiger partial charge in [0.05, 0.1) is 19.6 Å². The van der Waals surface area contributed by atoms with E-state index in [4.69, 9.17) is 10.5 Å². The first kappa shape index (κ1) is 20.3. The quantitative estimate of drug-likeness (QED) is 0.684. The van der Waals surface area contributed by atoms with Crippen molar-refractivity contribution < 1.29 is 9.53 Å². The summed E-state index contributed by atoms with van der Waals surface area (Å²) in [4.78, 5) is 32.2. The number of nitrogens with zero attached hydrogens (tertiary/aromatic N) is 6. The van der Waals surface area contributed by atoms with Gasteiger partial charge >= 0.3 is 6.01 Å². The number of hydrogen-bond acceptors (Lipinski definition) is 8. The van der Waals surface area contributed by atoms with E-state index >= 15 is 0 Å². The molecule has 0 spiro atoms. The molecule has 1 saturated heterocycles. The Labute approximate surface area is 176 Å². The monoisotopic (exact) mass is 411 g/mol. The average molecular weight is 412 g/mol. The molecule has 2 aliphatic heterocycles. The van der Waals surface area contributed by atoms with Crippen LogP contribution in [-0.2, 0) is 17.8 Å². The van der Waals surface area contributed by atoms with E-state index in [9.17, 15) is 4.79 Å². The summed E-state index contributed by atoms with van der Waals surface area (Å²) in [6.45, 7) is 7.02. The molecule has 0 aromatic carbocycles. The molecule has 0 saturated carbocycles. The first-order valence-corrected chi connectivity index (χ1v) is 10.5. The van der Waals surface area contributed by atoms with Crippen molar-refractivity contribution in [3.63, 3.8) is 0 Å². The van der Waals surface area contributed by atoms with Crippen LogP contribution in [0.2, 0.25) is 0 Å². The van der Waals surface area contributed by atoms with Gasteiger partial charge in [-0.05, 0) is 25.1 Å². The molecular formula is C21H29N7O2. The van der Waals surface area contributed by atoms with Crippen LogP contribution in [0.5, 0.6) is 6.01 Å². The van der Waals surface area contributed by atoms with Crippen LogP contribution in [-0.4, -0.2) is 65.6 Å². The van der Waals surface area contributed by atoms with E-state index in [0.717, 1.165) is 50.4 Å². The van der Waals surface area contributed by atoms with Crippen molar-refractivity contribution in [3.8, 4) is 6.01 Å². The highest BCUT2D eigenvalue weighted by Gasteiger charge is 2.32. The second kappa shape index (κ2) is 8.83. The third-order valence-electron chi connectivity index (χ3n) is 5.59. The van der Waals surface area contributed by atoms with Gasteiger partial charge in [-0.15, -0.1) is 0 Å². The first-order valence-electron chi connectivity index (χ1n) is 10.5. The fourth-order valence-corrected chi connectivity index (χ4v) is 3.68. The first-order chi connectivity index (χ1) is 14.5. The normalized spacial score (nSPS) is 16.8. The third-order valence-corrected chi connectivity index (χ3v) is 5.59. The van der Waals surface area contributed by atoms with Crippen molar-refractivity contribution in [1.29, 1.82) is 0 Å². The number of hydrogen-bond donors (Lipinski definition) is 1. The van der Waals surface area contributed by atoms with Crippen molar-refractivity contribution in [2.75, 3.05) is 55.4 Å². The molecule has 9 nitrogen and oxygen atoms in total. The minimum absolute atomic E-state index is 0.0418. The molecule has 0 atom stereocenters. The summed E-state index contributed by atoms with van der Waals surface area (Å²) in [6, 6.07) is 4.27. The summed E-state index contributed by atoms with van der Waals surface area (Å²) in [5, 5.41) is 0. The van der Waals surface area contributed by atoms with Gasteiger partial charge in [0, 0.05) is 37.9 Å². The number of ether oxygens (including phenoxy) is 1. The van der Waals surface area contributed by atoms with Crippen LogP contribution in [0.1, 0.15) is 30.9 Å². The van der Waals surface area contributed by atoms with Crippen molar-refractivity contribution in [1.82, 2.24) is 19.9 Å². The SMILES string of the molecule is CCCCOc1nc(N)c2c(n1)N(Cc1ccc(N3CCN(C)CC3)nc1)C(=O)C2. The topological polar surface area (TPSA) is 101 Å². The second-order valence-electron chi connectivity index (χ2n) is 7.87. The lowest BCUT2D eigenvalue weighted by atomic mass is 10.2. The molecule has 9 heteroatoms. The number of fused-ring (bicyclic) bond motifs is 1. The molecule has 1 fully saturated rings. The number of nitrogen functional groups attached to an aromatic ring is 1. The van der Waals surface area contributed by atoms with Gasteiger partial charge in [0.15, 0.2) is 0 Å². The number of anilines is 3. The largest absolute Gasteiger partial charge is 0.463 e. The lowest BCUT2D eigenvalue weighted by molar-refractivity contribution is -0.117. The van der Waals surface area contributed by atoms with Gasteiger partial charge in [0.1, 0.15) is 17.5 Å². The summed E-state index contributed by atoms with van der Waals surface area (Å²) in [7, 11) is 2.13. The van der Waals surface area contributed by atoms with Gasteiger partial charge in [-0.1, -0.05) is 19.4 Å². The molecule has 30 heavy (non-hydrogen) atoms. The number of amides is 1. The average Bonchev–Trinajstić information content (AvgIpc) is 3.06. The van der Waals surface area contributed by atoms with E-state index in [0.29, 0.717) is 30.4 Å². The number of aromatic nitrogens is 3. The number of nitrogens with two attached hydrogens (primary N) is 1. The predicted octanol–water partition coefficient (Wildman–Crippen LogP) is 1.47. The lowest BCUT2D eigenvalue weighted by Gasteiger charge is -2.33. The number of pyridine rings is 1. The third kappa shape index (κ3) is 4.30. The number of piperazine rings is 1. The maximum Gasteiger partial charge on any atom is 0.320 e. The Hall–Kier alpha value is -2.94. The van der Waals surface area contributed by atoms with E-state index in [1.165, 1.54) is 0 Å². The minimum Gasteiger partial charge on any atom is -0.463 e. The highest BCUT2D eigenvalue weighted by molar-refractivity contribution is 6.01. The van der Waals surface area contributed by atoms with E-state index < -0.39 is 0 Å². The van der Waals surface area contributed by atoms with E-state index in [1.807, 2.05) is 18.3 Å². The molecule has 0 bridgehead atoms. The molecular weight excluding hydrogens is 382 g/mol. The number of carbonyl (C=O) groups is 1. The van der Waals surface area contributed by atoms with Crippen molar-refractivity contribution >= 4 is 23.4 Å². The zero-order valence-corrected chi connectivity index (χ0v) is 17.7. The number of rotatable bonds is 7. The number of carbonyl (C=O) groups excluding carboxylic acids is 1. The summed E-state index contributed by atoms with van der Waals surface area (Å²) in [5.41, 5.74) is 7.69. The van der Waals surface area contributed by atoms with Gasteiger partial charge in [-0.3, -0.25) is 9.69 Å². The second-order valence-corrected chi connectivity index (χ2v) is 7.87. The minimum atomic E-state index is -0.0418. The maximum absolute atomic E-state index is 12.6. The fourth-order valence-electron chi connectivity index (χ4n) is 3.68. The molecule has 2 N–H and O–H groups in total. The Morgan fingerprint density at radius 3 is 2.67 bits per heavy atom. The lowest BCUT2D eigenvalue weighted by Crippen LogP contribution is -2.44. The molecule has 1 amide bonds. The van der Waals surface area contributed by atoms with Gasteiger partial charge < -0.3 is 20.3 Å². The molecule has 2 aromatic rings. The highest BCUT2D eigenvalue weighted by Crippen LogP contribution is 2.33. The summed E-state index contributed by atoms with van der Waals surface area (Å²) >= 11 is 0. The van der Waals surface area contributed by atoms with Crippen molar-refractivity contribution in [2.24, 2.45) is 0 Å². The van der Waals surface area contributed by atoms with Crippen molar-refractivity contribution in [2.45, 2.75) is 32.7 Å². The summed E-state index contributed by atoms with van der Waals surface area (Å²) < 4.78 is 5.62. The van der Waals surface area contributed by atoms with Crippen LogP contribution in [0.4, 0.5) is 17.5 Å². The molecule has 0 radical (unpaired) electrons. The standard InChI is InChI=1S/C21H29N7O2/c1-3-4-11-30-21-24-19(22)16-12-18(29)28(20(16)25-21)14-15-5-6-17(23-13-15)27-9-7-26(2)8-10-27/h5-6,13H,3-4,7-12,14H2,1-2H3,(H2,22,24,25). The smallest absolute Gasteiger partial charge is 0.320 e. The molecule has 160 valence electrons. The van der Waals surface area contributed by atoms with Crippen LogP contribution >= 0.6 is 0 Å². The zero-order chi connectivity index (χ0) is 21.1. The summed E-state index contributed by atoms with van der Waals surface area (Å²) in [5.74, 6) is 1.78. The van der Waals surface area contributed by atoms with Gasteiger partial charge in [-0.25, -0.2) is 4.98 Å².